The number of phosphoric acid groups is 1. The Bertz CT molecular complexity index is 1470. The molecule has 0 bridgehead atoms. The SMILES string of the molecule is CC/C=C\C/C=C\C/C=C\C/C=C\C/C=C\C/C=C\CCCCC(=O)OCC(O)COP(=O)(O)OCCNC(=O)CCCCCCCCC/C=C\C/C=C\C/C=C\C/C=C\CCCCC. The highest BCUT2D eigenvalue weighted by atomic mass is 31.2. The number of amides is 1. The molecule has 0 aliphatic carbocycles. The van der Waals surface area contributed by atoms with E-state index in [0.717, 1.165) is 96.3 Å². The van der Waals surface area contributed by atoms with Gasteiger partial charge in [-0.1, -0.05) is 180 Å². The number of carbonyl (C=O) groups excluding carboxylic acids is 2. The Hall–Kier alpha value is -3.59. The van der Waals surface area contributed by atoms with Crippen LogP contribution < -0.4 is 5.32 Å². The van der Waals surface area contributed by atoms with Crippen molar-refractivity contribution < 1.29 is 37.9 Å². The van der Waals surface area contributed by atoms with Crippen LogP contribution in [0.5, 0.6) is 0 Å². The smallest absolute Gasteiger partial charge is 0.463 e. The lowest BCUT2D eigenvalue weighted by molar-refractivity contribution is -0.147. The van der Waals surface area contributed by atoms with Crippen LogP contribution in [0.3, 0.4) is 0 Å². The number of unbranched alkanes of at least 4 members (excludes halogenated alkanes) is 12. The van der Waals surface area contributed by atoms with E-state index in [4.69, 9.17) is 13.8 Å². The maximum absolute atomic E-state index is 12.1. The van der Waals surface area contributed by atoms with Crippen molar-refractivity contribution in [2.24, 2.45) is 0 Å². The lowest BCUT2D eigenvalue weighted by atomic mass is 10.1. The molecule has 0 spiro atoms. The number of rotatable bonds is 45. The van der Waals surface area contributed by atoms with Gasteiger partial charge in [-0.25, -0.2) is 4.57 Å². The zero-order valence-corrected chi connectivity index (χ0v) is 41.5. The number of aliphatic hydroxyl groups excluding tert-OH is 1. The average Bonchev–Trinajstić information content (AvgIpc) is 3.29. The Morgan fingerprint density at radius 1 is 0.492 bits per heavy atom. The molecule has 10 heteroatoms. The van der Waals surface area contributed by atoms with Crippen LogP contribution in [-0.2, 0) is 27.9 Å². The van der Waals surface area contributed by atoms with E-state index in [1.165, 1.54) is 51.4 Å². The average molecular weight is 924 g/mol. The van der Waals surface area contributed by atoms with E-state index < -0.39 is 26.5 Å². The monoisotopic (exact) mass is 924 g/mol. The summed E-state index contributed by atoms with van der Waals surface area (Å²) in [5.41, 5.74) is 0. The summed E-state index contributed by atoms with van der Waals surface area (Å²) in [6, 6.07) is 0. The molecule has 0 aromatic heterocycles. The van der Waals surface area contributed by atoms with Crippen LogP contribution in [-0.4, -0.2) is 54.3 Å². The molecule has 65 heavy (non-hydrogen) atoms. The van der Waals surface area contributed by atoms with E-state index in [1.54, 1.807) is 0 Å². The molecule has 0 heterocycles. The van der Waals surface area contributed by atoms with Crippen molar-refractivity contribution in [1.82, 2.24) is 5.32 Å². The highest BCUT2D eigenvalue weighted by Gasteiger charge is 2.23. The van der Waals surface area contributed by atoms with Crippen LogP contribution >= 0.6 is 7.82 Å². The summed E-state index contributed by atoms with van der Waals surface area (Å²) in [4.78, 5) is 34.1. The number of esters is 1. The van der Waals surface area contributed by atoms with E-state index in [0.29, 0.717) is 12.8 Å². The van der Waals surface area contributed by atoms with Gasteiger partial charge in [0.05, 0.1) is 13.2 Å². The van der Waals surface area contributed by atoms with Crippen molar-refractivity contribution in [1.29, 1.82) is 0 Å². The third kappa shape index (κ3) is 51.3. The predicted octanol–water partition coefficient (Wildman–Crippen LogP) is 14.9. The number of nitrogens with one attached hydrogen (secondary N) is 1. The van der Waals surface area contributed by atoms with Crippen molar-refractivity contribution in [3.8, 4) is 0 Å². The van der Waals surface area contributed by atoms with Crippen molar-refractivity contribution in [3.63, 3.8) is 0 Å². The second-order valence-electron chi connectivity index (χ2n) is 16.0. The first kappa shape index (κ1) is 61.4. The van der Waals surface area contributed by atoms with Crippen molar-refractivity contribution in [3.05, 3.63) is 122 Å². The molecular weight excluding hydrogens is 834 g/mol. The van der Waals surface area contributed by atoms with Gasteiger partial charge in [-0.05, 0) is 109 Å². The molecule has 0 fully saturated rings. The molecule has 9 nitrogen and oxygen atoms in total. The van der Waals surface area contributed by atoms with Crippen LogP contribution in [0.2, 0.25) is 0 Å². The minimum Gasteiger partial charge on any atom is -0.463 e. The van der Waals surface area contributed by atoms with Gasteiger partial charge in [0.15, 0.2) is 0 Å². The summed E-state index contributed by atoms with van der Waals surface area (Å²) in [6.07, 6.45) is 68.5. The molecule has 3 N–H and O–H groups in total. The van der Waals surface area contributed by atoms with Crippen molar-refractivity contribution in [2.75, 3.05) is 26.4 Å². The van der Waals surface area contributed by atoms with Gasteiger partial charge in [0.2, 0.25) is 5.91 Å². The normalized spacial score (nSPS) is 14.2. The molecule has 0 aliphatic rings. The number of carbonyl (C=O) groups is 2. The maximum Gasteiger partial charge on any atom is 0.472 e. The molecule has 0 aliphatic heterocycles. The first-order valence-corrected chi connectivity index (χ1v) is 26.5. The number of ether oxygens (including phenoxy) is 1. The van der Waals surface area contributed by atoms with Crippen LogP contribution in [0.1, 0.15) is 181 Å². The Morgan fingerprint density at radius 3 is 1.34 bits per heavy atom. The van der Waals surface area contributed by atoms with Crippen LogP contribution in [0.4, 0.5) is 0 Å². The molecule has 0 radical (unpaired) electrons. The molecule has 0 rings (SSSR count). The number of allylic oxidation sites excluding steroid dienone is 20. The van der Waals surface area contributed by atoms with Crippen molar-refractivity contribution >= 4 is 19.7 Å². The summed E-state index contributed by atoms with van der Waals surface area (Å²) >= 11 is 0. The van der Waals surface area contributed by atoms with Gasteiger partial charge >= 0.3 is 13.8 Å². The van der Waals surface area contributed by atoms with E-state index in [2.05, 4.69) is 141 Å². The number of hydrogen-bond acceptors (Lipinski definition) is 7. The number of phosphoric ester groups is 1. The Morgan fingerprint density at radius 2 is 0.877 bits per heavy atom. The van der Waals surface area contributed by atoms with Gasteiger partial charge in [0.1, 0.15) is 12.7 Å². The van der Waals surface area contributed by atoms with Gasteiger partial charge in [-0.2, -0.15) is 0 Å². The van der Waals surface area contributed by atoms with Gasteiger partial charge < -0.3 is 20.1 Å². The van der Waals surface area contributed by atoms with Crippen LogP contribution in [0.15, 0.2) is 122 Å². The maximum atomic E-state index is 12.1. The summed E-state index contributed by atoms with van der Waals surface area (Å²) in [7, 11) is -4.45. The van der Waals surface area contributed by atoms with E-state index in [9.17, 15) is 24.2 Å². The van der Waals surface area contributed by atoms with Crippen LogP contribution in [0, 0.1) is 0 Å². The lowest BCUT2D eigenvalue weighted by Gasteiger charge is -2.15. The van der Waals surface area contributed by atoms with Crippen LogP contribution in [0.25, 0.3) is 0 Å². The number of hydrogen-bond donors (Lipinski definition) is 3. The molecule has 1 amide bonds. The van der Waals surface area contributed by atoms with Gasteiger partial charge in [0.25, 0.3) is 0 Å². The largest absolute Gasteiger partial charge is 0.472 e. The second kappa shape index (κ2) is 49.8. The summed E-state index contributed by atoms with van der Waals surface area (Å²) < 4.78 is 26.9. The van der Waals surface area contributed by atoms with Gasteiger partial charge in [-0.3, -0.25) is 18.6 Å². The fraction of sp³-hybridized carbons (Fsp3) is 0.600. The number of aliphatic hydroxyl groups is 1. The Labute approximate surface area is 396 Å². The molecule has 0 aromatic rings. The van der Waals surface area contributed by atoms with Crippen molar-refractivity contribution in [2.45, 2.75) is 187 Å². The zero-order chi connectivity index (χ0) is 47.4. The Balaban J connectivity index is 3.70. The van der Waals surface area contributed by atoms with E-state index >= 15 is 0 Å². The summed E-state index contributed by atoms with van der Waals surface area (Å²) in [5, 5.41) is 12.7. The third-order valence-electron chi connectivity index (χ3n) is 9.88. The third-order valence-corrected chi connectivity index (χ3v) is 10.9. The standard InChI is InChI=1S/C55H90NO8P/c1-3-5-7-9-11-13-15-17-19-21-23-25-26-28-29-31-33-35-37-39-41-43-45-47-54(58)56-49-50-63-65(60,61)64-52-53(57)51-62-55(59)48-46-44-42-40-38-36-34-32-30-27-24-22-20-18-16-14-12-10-8-6-4-2/h6,8,11-14,17-20,23-25,27-29,32,34,38,40,53,57H,3-5,7,9-10,15-16,21-22,26,30-31,33,35-37,39,41-52H2,1-2H3,(H,56,58)(H,60,61)/b8-6-,13-11-,14-12-,19-17-,20-18-,25-23-,27-24-,29-28-,34-32-,40-38-. The van der Waals surface area contributed by atoms with Gasteiger partial charge in [0, 0.05) is 19.4 Å². The molecule has 0 aromatic carbocycles. The first-order valence-electron chi connectivity index (χ1n) is 25.0. The van der Waals surface area contributed by atoms with E-state index in [1.807, 2.05) is 0 Å². The molecule has 0 saturated carbocycles. The fourth-order valence-electron chi connectivity index (χ4n) is 6.13. The van der Waals surface area contributed by atoms with Gasteiger partial charge in [-0.15, -0.1) is 0 Å². The first-order chi connectivity index (χ1) is 31.8. The zero-order valence-electron chi connectivity index (χ0n) is 40.6. The predicted molar refractivity (Wildman–Crippen MR) is 274 cm³/mol. The van der Waals surface area contributed by atoms with E-state index in [-0.39, 0.29) is 32.1 Å². The fourth-order valence-corrected chi connectivity index (χ4v) is 6.89. The quantitative estimate of drug-likeness (QED) is 0.0238. The second-order valence-corrected chi connectivity index (χ2v) is 17.5. The highest BCUT2D eigenvalue weighted by molar-refractivity contribution is 7.47. The minimum absolute atomic E-state index is 0.0619. The molecular formula is C55H90NO8P. The Kier molecular flexibility index (Phi) is 47.1. The topological polar surface area (TPSA) is 131 Å². The molecule has 368 valence electrons. The minimum atomic E-state index is -4.45. The highest BCUT2D eigenvalue weighted by Crippen LogP contribution is 2.42. The molecule has 2 atom stereocenters. The molecule has 2 unspecified atom stereocenters. The lowest BCUT2D eigenvalue weighted by Crippen LogP contribution is -2.27. The molecule has 0 saturated heterocycles. The summed E-state index contributed by atoms with van der Waals surface area (Å²) in [5.74, 6) is -0.581. The summed E-state index contributed by atoms with van der Waals surface area (Å²) in [6.45, 7) is 3.33.